The molecule has 2 fully saturated rings. The van der Waals surface area contributed by atoms with Gasteiger partial charge in [0, 0.05) is 38.0 Å². The van der Waals surface area contributed by atoms with Gasteiger partial charge in [0.25, 0.3) is 0 Å². The van der Waals surface area contributed by atoms with Gasteiger partial charge in [0.2, 0.25) is 11.9 Å². The van der Waals surface area contributed by atoms with E-state index in [4.69, 9.17) is 14.5 Å². The molecule has 7 heteroatoms. The van der Waals surface area contributed by atoms with Crippen LogP contribution in [0.25, 0.3) is 0 Å². The fraction of sp³-hybridized carbons (Fsp3) is 0.722. The summed E-state index contributed by atoms with van der Waals surface area (Å²) in [6.45, 7) is 5.61. The quantitative estimate of drug-likeness (QED) is 0.865. The molecule has 3 heterocycles. The van der Waals surface area contributed by atoms with E-state index in [0.29, 0.717) is 25.7 Å². The summed E-state index contributed by atoms with van der Waals surface area (Å²) >= 11 is 0. The molecule has 7 nitrogen and oxygen atoms in total. The third kappa shape index (κ3) is 3.22. The Morgan fingerprint density at radius 2 is 2.28 bits per heavy atom. The van der Waals surface area contributed by atoms with Crippen molar-refractivity contribution >= 4 is 11.9 Å². The van der Waals surface area contributed by atoms with Gasteiger partial charge in [-0.3, -0.25) is 4.79 Å². The van der Waals surface area contributed by atoms with E-state index in [9.17, 15) is 4.79 Å². The normalized spacial score (nSPS) is 25.3. The van der Waals surface area contributed by atoms with E-state index in [2.05, 4.69) is 10.3 Å². The number of amides is 1. The fourth-order valence-corrected chi connectivity index (χ4v) is 3.87. The van der Waals surface area contributed by atoms with Crippen LogP contribution < -0.4 is 5.32 Å². The van der Waals surface area contributed by atoms with E-state index >= 15 is 0 Å². The first-order valence-electron chi connectivity index (χ1n) is 9.07. The van der Waals surface area contributed by atoms with Gasteiger partial charge in [-0.1, -0.05) is 0 Å². The van der Waals surface area contributed by atoms with Crippen LogP contribution >= 0.6 is 0 Å². The molecule has 1 saturated carbocycles. The lowest BCUT2D eigenvalue weighted by Crippen LogP contribution is -2.42. The zero-order valence-corrected chi connectivity index (χ0v) is 15.0. The SMILES string of the molecule is COCC(=O)N1CC[C@]2(COCc3c(C)nc(NCC4CC4)nc32)C1. The third-order valence-electron chi connectivity index (χ3n) is 5.56. The zero-order valence-electron chi connectivity index (χ0n) is 15.0. The molecule has 136 valence electrons. The van der Waals surface area contributed by atoms with Crippen molar-refractivity contribution in [3.05, 3.63) is 17.0 Å². The summed E-state index contributed by atoms with van der Waals surface area (Å²) in [5, 5.41) is 3.39. The minimum absolute atomic E-state index is 0.0318. The second-order valence-electron chi connectivity index (χ2n) is 7.56. The zero-order chi connectivity index (χ0) is 17.4. The standard InChI is InChI=1S/C18H26N4O3/c1-12-14-8-25-11-18(5-6-22(10-18)15(23)9-24-2)16(14)21-17(20-12)19-7-13-3-4-13/h13H,3-11H2,1-2H3,(H,19,20,21)/t18-/m1/s1. The number of carbonyl (C=O) groups is 1. The number of ether oxygens (including phenoxy) is 2. The molecule has 2 aliphatic heterocycles. The number of carbonyl (C=O) groups excluding carboxylic acids is 1. The molecule has 25 heavy (non-hydrogen) atoms. The number of aryl methyl sites for hydroxylation is 1. The smallest absolute Gasteiger partial charge is 0.248 e. The molecular formula is C18H26N4O3. The molecule has 1 aliphatic carbocycles. The van der Waals surface area contributed by atoms with Gasteiger partial charge in [-0.2, -0.15) is 0 Å². The molecule has 1 saturated heterocycles. The van der Waals surface area contributed by atoms with Crippen molar-refractivity contribution in [3.63, 3.8) is 0 Å². The number of rotatable bonds is 5. The highest BCUT2D eigenvalue weighted by molar-refractivity contribution is 5.78. The van der Waals surface area contributed by atoms with Gasteiger partial charge < -0.3 is 19.7 Å². The molecule has 3 aliphatic rings. The molecule has 1 aromatic heterocycles. The lowest BCUT2D eigenvalue weighted by molar-refractivity contribution is -0.134. The van der Waals surface area contributed by atoms with E-state index in [0.717, 1.165) is 42.4 Å². The van der Waals surface area contributed by atoms with Crippen LogP contribution in [0.3, 0.4) is 0 Å². The van der Waals surface area contributed by atoms with E-state index in [1.807, 2.05) is 11.8 Å². The van der Waals surface area contributed by atoms with Gasteiger partial charge in [-0.25, -0.2) is 9.97 Å². The first kappa shape index (κ1) is 16.7. The maximum Gasteiger partial charge on any atom is 0.248 e. The molecule has 1 atom stereocenters. The minimum Gasteiger partial charge on any atom is -0.376 e. The van der Waals surface area contributed by atoms with Crippen molar-refractivity contribution in [2.75, 3.05) is 45.3 Å². The minimum atomic E-state index is -0.222. The molecule has 1 amide bonds. The van der Waals surface area contributed by atoms with Crippen LogP contribution in [-0.4, -0.2) is 60.7 Å². The molecule has 0 bridgehead atoms. The van der Waals surface area contributed by atoms with Crippen molar-refractivity contribution < 1.29 is 14.3 Å². The summed E-state index contributed by atoms with van der Waals surface area (Å²) in [5.41, 5.74) is 2.91. The number of methoxy groups -OCH3 is 1. The van der Waals surface area contributed by atoms with Gasteiger partial charge in [0.05, 0.1) is 24.3 Å². The number of aromatic nitrogens is 2. The number of anilines is 1. The summed E-state index contributed by atoms with van der Waals surface area (Å²) in [6.07, 6.45) is 3.46. The van der Waals surface area contributed by atoms with Crippen LogP contribution in [0.2, 0.25) is 0 Å². The lowest BCUT2D eigenvalue weighted by atomic mass is 9.80. The van der Waals surface area contributed by atoms with Crippen LogP contribution in [0.5, 0.6) is 0 Å². The number of nitrogens with zero attached hydrogens (tertiary/aromatic N) is 3. The Kier molecular flexibility index (Phi) is 4.37. The topological polar surface area (TPSA) is 76.6 Å². The van der Waals surface area contributed by atoms with Crippen LogP contribution in [0.4, 0.5) is 5.95 Å². The Bertz CT molecular complexity index is 677. The molecule has 4 rings (SSSR count). The molecule has 1 aromatic rings. The second kappa shape index (κ2) is 6.53. The van der Waals surface area contributed by atoms with Crippen LogP contribution in [0, 0.1) is 12.8 Å². The molecule has 1 N–H and O–H groups in total. The van der Waals surface area contributed by atoms with Gasteiger partial charge in [-0.15, -0.1) is 0 Å². The number of nitrogens with one attached hydrogen (secondary N) is 1. The first-order valence-corrected chi connectivity index (χ1v) is 9.07. The van der Waals surface area contributed by atoms with Crippen molar-refractivity contribution in [1.82, 2.24) is 14.9 Å². The van der Waals surface area contributed by atoms with E-state index in [1.54, 1.807) is 7.11 Å². The Labute approximate surface area is 148 Å². The van der Waals surface area contributed by atoms with Crippen molar-refractivity contribution in [3.8, 4) is 0 Å². The van der Waals surface area contributed by atoms with Gasteiger partial charge in [0.1, 0.15) is 6.61 Å². The molecular weight excluding hydrogens is 320 g/mol. The summed E-state index contributed by atoms with van der Waals surface area (Å²) in [6, 6.07) is 0. The molecule has 1 spiro atoms. The van der Waals surface area contributed by atoms with Crippen LogP contribution in [-0.2, 0) is 26.3 Å². The molecule has 0 aromatic carbocycles. The first-order chi connectivity index (χ1) is 12.1. The highest BCUT2D eigenvalue weighted by Crippen LogP contribution is 2.40. The monoisotopic (exact) mass is 346 g/mol. The van der Waals surface area contributed by atoms with Crippen LogP contribution in [0.1, 0.15) is 36.2 Å². The predicted molar refractivity (Wildman–Crippen MR) is 92.4 cm³/mol. The largest absolute Gasteiger partial charge is 0.376 e. The molecule has 0 radical (unpaired) electrons. The van der Waals surface area contributed by atoms with Crippen molar-refractivity contribution in [2.24, 2.45) is 5.92 Å². The highest BCUT2D eigenvalue weighted by atomic mass is 16.5. The van der Waals surface area contributed by atoms with E-state index < -0.39 is 0 Å². The lowest BCUT2D eigenvalue weighted by Gasteiger charge is -2.35. The number of hydrogen-bond donors (Lipinski definition) is 1. The number of fused-ring (bicyclic) bond motifs is 2. The average Bonchev–Trinajstić information content (AvgIpc) is 3.34. The van der Waals surface area contributed by atoms with Gasteiger partial charge in [-0.05, 0) is 32.1 Å². The fourth-order valence-electron chi connectivity index (χ4n) is 3.87. The average molecular weight is 346 g/mol. The molecule has 0 unspecified atom stereocenters. The Hall–Kier alpha value is -1.73. The van der Waals surface area contributed by atoms with Crippen LogP contribution in [0.15, 0.2) is 0 Å². The maximum absolute atomic E-state index is 12.2. The second-order valence-corrected chi connectivity index (χ2v) is 7.56. The predicted octanol–water partition coefficient (Wildman–Crippen LogP) is 1.25. The summed E-state index contributed by atoms with van der Waals surface area (Å²) < 4.78 is 10.9. The summed E-state index contributed by atoms with van der Waals surface area (Å²) in [4.78, 5) is 23.6. The van der Waals surface area contributed by atoms with Gasteiger partial charge >= 0.3 is 0 Å². The highest BCUT2D eigenvalue weighted by Gasteiger charge is 2.46. The van der Waals surface area contributed by atoms with Gasteiger partial charge in [0.15, 0.2) is 0 Å². The van der Waals surface area contributed by atoms with E-state index in [1.165, 1.54) is 12.8 Å². The Morgan fingerprint density at radius 1 is 1.44 bits per heavy atom. The van der Waals surface area contributed by atoms with E-state index in [-0.39, 0.29) is 17.9 Å². The summed E-state index contributed by atoms with van der Waals surface area (Å²) in [5.74, 6) is 1.52. The van der Waals surface area contributed by atoms with Crippen molar-refractivity contribution in [1.29, 1.82) is 0 Å². The summed E-state index contributed by atoms with van der Waals surface area (Å²) in [7, 11) is 1.55. The van der Waals surface area contributed by atoms with Crippen molar-refractivity contribution in [2.45, 2.75) is 38.2 Å². The number of likely N-dealkylation sites (tertiary alicyclic amines) is 1. The Balaban J connectivity index is 1.60. The Morgan fingerprint density at radius 3 is 3.04 bits per heavy atom. The number of hydrogen-bond acceptors (Lipinski definition) is 6. The third-order valence-corrected chi connectivity index (χ3v) is 5.56. The maximum atomic E-state index is 12.2.